The normalized spacial score (nSPS) is 14.6. The topological polar surface area (TPSA) is 103 Å². The van der Waals surface area contributed by atoms with Crippen LogP contribution in [0.2, 0.25) is 0 Å². The maximum atomic E-state index is 13.0. The summed E-state index contributed by atoms with van der Waals surface area (Å²) in [5, 5.41) is 9.12. The molecule has 0 unspecified atom stereocenters. The summed E-state index contributed by atoms with van der Waals surface area (Å²) in [6, 6.07) is 20.5. The molecule has 4 aromatic rings. The SMILES string of the molecule is O=C(O)c1cccc(-c2cnc(C(=O)[C@H]3Cc4ccc(OCc5ccccc5)cc4C3)o2)n1. The minimum Gasteiger partial charge on any atom is -0.489 e. The van der Waals surface area contributed by atoms with E-state index in [2.05, 4.69) is 9.97 Å². The molecule has 0 aliphatic heterocycles. The van der Waals surface area contributed by atoms with E-state index in [0.717, 1.165) is 22.4 Å². The Kier molecular flexibility index (Phi) is 5.44. The minimum absolute atomic E-state index is 0.00545. The van der Waals surface area contributed by atoms with Gasteiger partial charge in [-0.1, -0.05) is 42.5 Å². The quantitative estimate of drug-likeness (QED) is 0.419. The fraction of sp³-hybridized carbons (Fsp3) is 0.154. The van der Waals surface area contributed by atoms with E-state index in [-0.39, 0.29) is 29.0 Å². The molecule has 1 N–H and O–H groups in total. The van der Waals surface area contributed by atoms with Gasteiger partial charge in [0.15, 0.2) is 5.76 Å². The van der Waals surface area contributed by atoms with Gasteiger partial charge in [0.25, 0.3) is 5.89 Å². The lowest BCUT2D eigenvalue weighted by molar-refractivity contribution is 0.0690. The van der Waals surface area contributed by atoms with Crippen molar-refractivity contribution in [2.24, 2.45) is 5.92 Å². The average molecular weight is 440 g/mol. The summed E-state index contributed by atoms with van der Waals surface area (Å²) < 4.78 is 11.6. The number of nitrogens with zero attached hydrogens (tertiary/aromatic N) is 2. The molecular formula is C26H20N2O5. The summed E-state index contributed by atoms with van der Waals surface area (Å²) in [6.07, 6.45) is 2.59. The third-order valence-electron chi connectivity index (χ3n) is 5.67. The minimum atomic E-state index is -1.14. The smallest absolute Gasteiger partial charge is 0.354 e. The van der Waals surface area contributed by atoms with E-state index in [4.69, 9.17) is 14.3 Å². The number of hydrogen-bond donors (Lipinski definition) is 1. The summed E-state index contributed by atoms with van der Waals surface area (Å²) in [7, 11) is 0. The Balaban J connectivity index is 1.27. The Morgan fingerprint density at radius 3 is 2.64 bits per heavy atom. The Hall–Kier alpha value is -4.26. The van der Waals surface area contributed by atoms with E-state index in [9.17, 15) is 9.59 Å². The Morgan fingerprint density at radius 2 is 1.82 bits per heavy atom. The van der Waals surface area contributed by atoms with Crippen LogP contribution in [0.4, 0.5) is 0 Å². The zero-order valence-corrected chi connectivity index (χ0v) is 17.6. The molecule has 1 aliphatic rings. The van der Waals surface area contributed by atoms with E-state index in [0.29, 0.717) is 25.1 Å². The summed E-state index contributed by atoms with van der Waals surface area (Å²) in [5.74, 6) is -0.552. The largest absolute Gasteiger partial charge is 0.489 e. The second-order valence-corrected chi connectivity index (χ2v) is 7.92. The van der Waals surface area contributed by atoms with Crippen LogP contribution in [0.5, 0.6) is 5.75 Å². The van der Waals surface area contributed by atoms with Gasteiger partial charge in [0, 0.05) is 5.92 Å². The Morgan fingerprint density at radius 1 is 1.00 bits per heavy atom. The number of carboxylic acids is 1. The number of carboxylic acid groups (broad SMARTS) is 1. The van der Waals surface area contributed by atoms with Gasteiger partial charge in [0.2, 0.25) is 5.78 Å². The molecule has 5 rings (SSSR count). The van der Waals surface area contributed by atoms with Crippen LogP contribution in [0.25, 0.3) is 11.5 Å². The molecule has 0 bridgehead atoms. The molecule has 1 atom stereocenters. The van der Waals surface area contributed by atoms with Crippen molar-refractivity contribution in [3.8, 4) is 17.2 Å². The van der Waals surface area contributed by atoms with E-state index in [1.165, 1.54) is 12.3 Å². The lowest BCUT2D eigenvalue weighted by Crippen LogP contribution is -2.15. The highest BCUT2D eigenvalue weighted by Crippen LogP contribution is 2.32. The van der Waals surface area contributed by atoms with Crippen molar-refractivity contribution in [2.45, 2.75) is 19.4 Å². The van der Waals surface area contributed by atoms with Gasteiger partial charge in [0.05, 0.1) is 6.20 Å². The predicted molar refractivity (Wildman–Crippen MR) is 119 cm³/mol. The molecule has 33 heavy (non-hydrogen) atoms. The third kappa shape index (κ3) is 4.39. The summed E-state index contributed by atoms with van der Waals surface area (Å²) in [6.45, 7) is 0.484. The number of carbonyl (C=O) groups is 2. The first kappa shape index (κ1) is 20.6. The highest BCUT2D eigenvalue weighted by molar-refractivity contribution is 5.95. The van der Waals surface area contributed by atoms with Crippen molar-refractivity contribution in [3.63, 3.8) is 0 Å². The molecule has 0 amide bonds. The zero-order chi connectivity index (χ0) is 22.8. The maximum absolute atomic E-state index is 13.0. The number of carbonyl (C=O) groups excluding carboxylic acids is 1. The molecule has 0 saturated carbocycles. The molecule has 0 radical (unpaired) electrons. The van der Waals surface area contributed by atoms with Crippen molar-refractivity contribution in [1.82, 2.24) is 9.97 Å². The van der Waals surface area contributed by atoms with E-state index in [1.807, 2.05) is 48.5 Å². The number of Topliss-reactive ketones (excluding diaryl/α,β-unsaturated/α-hetero) is 1. The number of pyridine rings is 1. The fourth-order valence-corrected chi connectivity index (χ4v) is 3.98. The van der Waals surface area contributed by atoms with Crippen molar-refractivity contribution in [3.05, 3.63) is 101 Å². The molecule has 2 aromatic carbocycles. The number of ketones is 1. The standard InChI is InChI=1S/C26H20N2O5/c29-24(25-27-14-23(33-25)21-7-4-8-22(28-21)26(30)31)19-11-17-9-10-20(13-18(17)12-19)32-15-16-5-2-1-3-6-16/h1-10,13-14,19H,11-12,15H2,(H,30,31)/t19-/m0/s1. The first-order valence-electron chi connectivity index (χ1n) is 10.6. The van der Waals surface area contributed by atoms with Gasteiger partial charge in [-0.2, -0.15) is 0 Å². The van der Waals surface area contributed by atoms with Gasteiger partial charge in [-0.3, -0.25) is 4.79 Å². The highest BCUT2D eigenvalue weighted by atomic mass is 16.5. The van der Waals surface area contributed by atoms with Crippen LogP contribution >= 0.6 is 0 Å². The number of aromatic carboxylic acids is 1. The van der Waals surface area contributed by atoms with Crippen LogP contribution in [0.3, 0.4) is 0 Å². The van der Waals surface area contributed by atoms with E-state index >= 15 is 0 Å². The predicted octanol–water partition coefficient (Wildman–Crippen LogP) is 4.61. The van der Waals surface area contributed by atoms with Gasteiger partial charge < -0.3 is 14.3 Å². The Labute approximate surface area is 189 Å². The monoisotopic (exact) mass is 440 g/mol. The molecule has 7 nitrogen and oxygen atoms in total. The van der Waals surface area contributed by atoms with E-state index in [1.54, 1.807) is 12.1 Å². The van der Waals surface area contributed by atoms with Crippen LogP contribution < -0.4 is 4.74 Å². The molecule has 0 saturated heterocycles. The van der Waals surface area contributed by atoms with Crippen molar-refractivity contribution in [1.29, 1.82) is 0 Å². The summed E-state index contributed by atoms with van der Waals surface area (Å²) in [5.41, 5.74) is 3.50. The number of benzene rings is 2. The van der Waals surface area contributed by atoms with Crippen molar-refractivity contribution >= 4 is 11.8 Å². The van der Waals surface area contributed by atoms with Gasteiger partial charge >= 0.3 is 5.97 Å². The van der Waals surface area contributed by atoms with Crippen molar-refractivity contribution < 1.29 is 23.8 Å². The van der Waals surface area contributed by atoms with Crippen LogP contribution in [0, 0.1) is 5.92 Å². The van der Waals surface area contributed by atoms with Crippen LogP contribution in [0.1, 0.15) is 37.9 Å². The lowest BCUT2D eigenvalue weighted by Gasteiger charge is -2.08. The zero-order valence-electron chi connectivity index (χ0n) is 17.6. The second kappa shape index (κ2) is 8.70. The van der Waals surface area contributed by atoms with Crippen molar-refractivity contribution in [2.75, 3.05) is 0 Å². The summed E-state index contributed by atoms with van der Waals surface area (Å²) >= 11 is 0. The fourth-order valence-electron chi connectivity index (χ4n) is 3.98. The van der Waals surface area contributed by atoms with Crippen LogP contribution in [-0.4, -0.2) is 26.8 Å². The molecule has 2 aromatic heterocycles. The van der Waals surface area contributed by atoms with Gasteiger partial charge in [-0.05, 0) is 53.8 Å². The molecule has 164 valence electrons. The van der Waals surface area contributed by atoms with E-state index < -0.39 is 5.97 Å². The number of aromatic nitrogens is 2. The Bertz CT molecular complexity index is 1330. The third-order valence-corrected chi connectivity index (χ3v) is 5.67. The molecule has 2 heterocycles. The first-order valence-corrected chi connectivity index (χ1v) is 10.6. The van der Waals surface area contributed by atoms with Gasteiger partial charge in [-0.15, -0.1) is 0 Å². The number of rotatable bonds is 7. The number of oxazole rings is 1. The molecular weight excluding hydrogens is 420 g/mol. The lowest BCUT2D eigenvalue weighted by atomic mass is 10.0. The van der Waals surface area contributed by atoms with Crippen LogP contribution in [-0.2, 0) is 19.4 Å². The molecule has 0 fully saturated rings. The second-order valence-electron chi connectivity index (χ2n) is 7.92. The number of hydrogen-bond acceptors (Lipinski definition) is 6. The molecule has 7 heteroatoms. The highest BCUT2D eigenvalue weighted by Gasteiger charge is 2.31. The molecule has 1 aliphatic carbocycles. The first-order chi connectivity index (χ1) is 16.1. The average Bonchev–Trinajstić information content (AvgIpc) is 3.50. The van der Waals surface area contributed by atoms with Crippen LogP contribution in [0.15, 0.2) is 77.3 Å². The van der Waals surface area contributed by atoms with Gasteiger partial charge in [0.1, 0.15) is 23.7 Å². The van der Waals surface area contributed by atoms with Gasteiger partial charge in [-0.25, -0.2) is 14.8 Å². The summed E-state index contributed by atoms with van der Waals surface area (Å²) in [4.78, 5) is 32.3. The maximum Gasteiger partial charge on any atom is 0.354 e. The number of fused-ring (bicyclic) bond motifs is 1. The molecule has 0 spiro atoms. The number of ether oxygens (including phenoxy) is 1.